The Morgan fingerprint density at radius 2 is 1.71 bits per heavy atom. The van der Waals surface area contributed by atoms with E-state index >= 15 is 0 Å². The van der Waals surface area contributed by atoms with Crippen LogP contribution >= 0.6 is 0 Å². The van der Waals surface area contributed by atoms with Gasteiger partial charge in [-0.3, -0.25) is 9.59 Å². The van der Waals surface area contributed by atoms with Crippen molar-refractivity contribution in [1.29, 1.82) is 0 Å². The summed E-state index contributed by atoms with van der Waals surface area (Å²) in [6.07, 6.45) is 2.59. The number of H-pyrrole nitrogens is 1. The number of urea groups is 1. The predicted molar refractivity (Wildman–Crippen MR) is 144 cm³/mol. The number of para-hydroxylation sites is 2. The molecule has 38 heavy (non-hydrogen) atoms. The van der Waals surface area contributed by atoms with Gasteiger partial charge in [0.25, 0.3) is 0 Å². The van der Waals surface area contributed by atoms with Crippen molar-refractivity contribution >= 4 is 28.8 Å². The monoisotopic (exact) mass is 524 g/mol. The van der Waals surface area contributed by atoms with E-state index in [9.17, 15) is 14.4 Å². The van der Waals surface area contributed by atoms with E-state index < -0.39 is 12.0 Å². The van der Waals surface area contributed by atoms with Gasteiger partial charge >= 0.3 is 12.0 Å². The molecule has 1 heterocycles. The van der Waals surface area contributed by atoms with E-state index in [1.807, 2.05) is 54.7 Å². The number of aromatic amines is 1. The van der Waals surface area contributed by atoms with E-state index in [-0.39, 0.29) is 38.8 Å². The van der Waals surface area contributed by atoms with Crippen LogP contribution in [0.25, 0.3) is 10.9 Å². The SMILES string of the molecule is CCOC(=O)CNC(=O)N(CCOC)CC(=O)N(CCc1c[nH]c2ccccc12)Cc1ccccc1OC. The number of benzene rings is 2. The Morgan fingerprint density at radius 3 is 2.47 bits per heavy atom. The molecular weight excluding hydrogens is 488 g/mol. The molecule has 0 aliphatic carbocycles. The number of aromatic nitrogens is 1. The number of carbonyl (C=O) groups is 3. The number of fused-ring (bicyclic) bond motifs is 1. The van der Waals surface area contributed by atoms with E-state index in [2.05, 4.69) is 10.3 Å². The Hall–Kier alpha value is -4.05. The molecule has 3 aromatic rings. The number of esters is 1. The highest BCUT2D eigenvalue weighted by molar-refractivity contribution is 5.86. The highest BCUT2D eigenvalue weighted by Crippen LogP contribution is 2.22. The van der Waals surface area contributed by atoms with Gasteiger partial charge in [0, 0.05) is 49.4 Å². The van der Waals surface area contributed by atoms with Crippen LogP contribution in [0.5, 0.6) is 5.75 Å². The maximum atomic E-state index is 13.6. The van der Waals surface area contributed by atoms with Crippen molar-refractivity contribution < 1.29 is 28.6 Å². The molecular formula is C28H36N4O6. The molecule has 3 rings (SSSR count). The maximum Gasteiger partial charge on any atom is 0.325 e. The van der Waals surface area contributed by atoms with E-state index in [1.54, 1.807) is 18.9 Å². The summed E-state index contributed by atoms with van der Waals surface area (Å²) >= 11 is 0. The van der Waals surface area contributed by atoms with E-state index in [0.717, 1.165) is 22.0 Å². The third-order valence-electron chi connectivity index (χ3n) is 6.10. The van der Waals surface area contributed by atoms with Crippen molar-refractivity contribution in [2.75, 3.05) is 53.6 Å². The molecule has 204 valence electrons. The van der Waals surface area contributed by atoms with Crippen molar-refractivity contribution in [3.63, 3.8) is 0 Å². The highest BCUT2D eigenvalue weighted by Gasteiger charge is 2.23. The zero-order valence-electron chi connectivity index (χ0n) is 22.2. The molecule has 2 aromatic carbocycles. The fourth-order valence-corrected chi connectivity index (χ4v) is 4.11. The molecule has 0 atom stereocenters. The third kappa shape index (κ3) is 7.97. The number of methoxy groups -OCH3 is 2. The number of nitrogens with zero attached hydrogens (tertiary/aromatic N) is 2. The molecule has 10 nitrogen and oxygen atoms in total. The molecule has 2 N–H and O–H groups in total. The van der Waals surface area contributed by atoms with Gasteiger partial charge in [0.15, 0.2) is 0 Å². The molecule has 0 bridgehead atoms. The molecule has 3 amide bonds. The maximum absolute atomic E-state index is 13.6. The molecule has 0 saturated heterocycles. The van der Waals surface area contributed by atoms with Gasteiger partial charge in [0.1, 0.15) is 18.8 Å². The van der Waals surface area contributed by atoms with Gasteiger partial charge in [-0.2, -0.15) is 0 Å². The smallest absolute Gasteiger partial charge is 0.325 e. The topological polar surface area (TPSA) is 113 Å². The van der Waals surface area contributed by atoms with Crippen LogP contribution in [0.1, 0.15) is 18.1 Å². The van der Waals surface area contributed by atoms with Crippen molar-refractivity contribution in [3.05, 3.63) is 65.9 Å². The zero-order chi connectivity index (χ0) is 27.3. The fourth-order valence-electron chi connectivity index (χ4n) is 4.11. The van der Waals surface area contributed by atoms with Crippen LogP contribution in [0.15, 0.2) is 54.7 Å². The van der Waals surface area contributed by atoms with Crippen molar-refractivity contribution in [3.8, 4) is 5.75 Å². The van der Waals surface area contributed by atoms with E-state index in [4.69, 9.17) is 14.2 Å². The lowest BCUT2D eigenvalue weighted by Crippen LogP contribution is -2.49. The van der Waals surface area contributed by atoms with Crippen molar-refractivity contribution in [1.82, 2.24) is 20.1 Å². The number of amides is 3. The number of rotatable bonds is 14. The van der Waals surface area contributed by atoms with Crippen molar-refractivity contribution in [2.45, 2.75) is 19.9 Å². The zero-order valence-corrected chi connectivity index (χ0v) is 22.2. The van der Waals surface area contributed by atoms with Gasteiger partial charge < -0.3 is 34.3 Å². The minimum atomic E-state index is -0.546. The summed E-state index contributed by atoms with van der Waals surface area (Å²) in [5.41, 5.74) is 2.99. The summed E-state index contributed by atoms with van der Waals surface area (Å²) in [6.45, 7) is 2.61. The summed E-state index contributed by atoms with van der Waals surface area (Å²) < 4.78 is 15.5. The van der Waals surface area contributed by atoms with Crippen LogP contribution in [0.2, 0.25) is 0 Å². The quantitative estimate of drug-likeness (QED) is 0.314. The number of carbonyl (C=O) groups excluding carboxylic acids is 3. The highest BCUT2D eigenvalue weighted by atomic mass is 16.5. The van der Waals surface area contributed by atoms with Crippen LogP contribution in [0.4, 0.5) is 4.79 Å². The average molecular weight is 525 g/mol. The summed E-state index contributed by atoms with van der Waals surface area (Å²) in [5.74, 6) is -0.102. The molecule has 0 saturated carbocycles. The molecule has 0 aliphatic heterocycles. The van der Waals surface area contributed by atoms with Gasteiger partial charge in [-0.05, 0) is 31.0 Å². The third-order valence-corrected chi connectivity index (χ3v) is 6.10. The Labute approximate surface area is 222 Å². The Kier molecular flexibility index (Phi) is 11.0. The van der Waals surface area contributed by atoms with Gasteiger partial charge in [-0.1, -0.05) is 36.4 Å². The van der Waals surface area contributed by atoms with Crippen LogP contribution in [0.3, 0.4) is 0 Å². The fraction of sp³-hybridized carbons (Fsp3) is 0.393. The molecule has 0 aliphatic rings. The standard InChI is InChI=1S/C28H36N4O6/c1-4-38-27(34)18-30-28(35)32(15-16-36-2)20-26(33)31(19-22-9-5-8-12-25(22)37-3)14-13-21-17-29-24-11-7-6-10-23(21)24/h5-12,17,29H,4,13-16,18-20H2,1-3H3,(H,30,35). The minimum Gasteiger partial charge on any atom is -0.496 e. The van der Waals surface area contributed by atoms with Crippen LogP contribution in [-0.4, -0.2) is 86.3 Å². The number of hydrogen-bond acceptors (Lipinski definition) is 6. The summed E-state index contributed by atoms with van der Waals surface area (Å²) in [5, 5.41) is 3.63. The summed E-state index contributed by atoms with van der Waals surface area (Å²) in [4.78, 5) is 44.5. The molecule has 0 radical (unpaired) electrons. The van der Waals surface area contributed by atoms with Crippen molar-refractivity contribution in [2.24, 2.45) is 0 Å². The largest absolute Gasteiger partial charge is 0.496 e. The molecule has 0 unspecified atom stereocenters. The lowest BCUT2D eigenvalue weighted by Gasteiger charge is -2.28. The summed E-state index contributed by atoms with van der Waals surface area (Å²) in [7, 11) is 3.11. The van der Waals surface area contributed by atoms with Crippen LogP contribution in [-0.2, 0) is 32.0 Å². The number of hydrogen-bond donors (Lipinski definition) is 2. The van der Waals surface area contributed by atoms with Gasteiger partial charge in [0.05, 0.1) is 20.3 Å². The Bertz CT molecular complexity index is 1210. The first-order valence-corrected chi connectivity index (χ1v) is 12.6. The Balaban J connectivity index is 1.77. The second-order valence-electron chi connectivity index (χ2n) is 8.61. The van der Waals surface area contributed by atoms with Gasteiger partial charge in [-0.25, -0.2) is 4.79 Å². The number of ether oxygens (including phenoxy) is 3. The summed E-state index contributed by atoms with van der Waals surface area (Å²) in [6, 6.07) is 15.0. The average Bonchev–Trinajstić information content (AvgIpc) is 3.35. The second kappa shape index (κ2) is 14.6. The second-order valence-corrected chi connectivity index (χ2v) is 8.61. The molecule has 1 aromatic heterocycles. The molecule has 0 fully saturated rings. The van der Waals surface area contributed by atoms with E-state index in [0.29, 0.717) is 25.3 Å². The van der Waals surface area contributed by atoms with Gasteiger partial charge in [-0.15, -0.1) is 0 Å². The first kappa shape index (κ1) is 28.5. The van der Waals surface area contributed by atoms with Crippen LogP contribution < -0.4 is 10.1 Å². The first-order valence-electron chi connectivity index (χ1n) is 12.6. The lowest BCUT2D eigenvalue weighted by atomic mass is 10.1. The Morgan fingerprint density at radius 1 is 0.947 bits per heavy atom. The van der Waals surface area contributed by atoms with E-state index in [1.165, 1.54) is 12.0 Å². The van der Waals surface area contributed by atoms with Crippen LogP contribution in [0, 0.1) is 0 Å². The normalized spacial score (nSPS) is 10.7. The molecule has 0 spiro atoms. The number of nitrogens with one attached hydrogen (secondary N) is 2. The molecule has 10 heteroatoms. The van der Waals surface area contributed by atoms with Gasteiger partial charge in [0.2, 0.25) is 5.91 Å². The first-order chi connectivity index (χ1) is 18.5. The minimum absolute atomic E-state index is 0.180. The predicted octanol–water partition coefficient (Wildman–Crippen LogP) is 2.97. The lowest BCUT2D eigenvalue weighted by molar-refractivity contribution is -0.141.